The molecule has 3 heterocycles. The van der Waals surface area contributed by atoms with E-state index < -0.39 is 0 Å². The van der Waals surface area contributed by atoms with Crippen LogP contribution >= 0.6 is 11.6 Å². The predicted molar refractivity (Wildman–Crippen MR) is 92.1 cm³/mol. The fourth-order valence-corrected chi connectivity index (χ4v) is 4.17. The van der Waals surface area contributed by atoms with E-state index in [0.717, 1.165) is 6.42 Å². The third-order valence-electron chi connectivity index (χ3n) is 5.21. The standard InChI is InChI=1S/C17H21ClN4O2/c1-23-15-9-13(19)12(18)8-11(15)17-20-16(24-21-17)7-10-4-6-22-5-2-3-14(10)22/h8-10,14H,2-7,19H2,1H3/t10-,14-/m1/s1. The monoisotopic (exact) mass is 348 g/mol. The summed E-state index contributed by atoms with van der Waals surface area (Å²) in [7, 11) is 1.58. The number of benzene rings is 1. The van der Waals surface area contributed by atoms with Crippen LogP contribution in [0.3, 0.4) is 0 Å². The van der Waals surface area contributed by atoms with Crippen LogP contribution in [0.25, 0.3) is 11.4 Å². The van der Waals surface area contributed by atoms with E-state index in [1.165, 1.54) is 32.4 Å². The van der Waals surface area contributed by atoms with Gasteiger partial charge in [0.15, 0.2) is 0 Å². The SMILES string of the molecule is COc1cc(N)c(Cl)cc1-c1noc(C[C@H]2CCN3CCC[C@H]23)n1. The van der Waals surface area contributed by atoms with Crippen molar-refractivity contribution in [3.05, 3.63) is 23.0 Å². The molecule has 0 bridgehead atoms. The Labute approximate surface area is 145 Å². The number of rotatable bonds is 4. The Morgan fingerprint density at radius 3 is 3.08 bits per heavy atom. The number of halogens is 1. The summed E-state index contributed by atoms with van der Waals surface area (Å²) in [5.74, 6) is 2.37. The molecule has 0 saturated carbocycles. The third kappa shape index (κ3) is 2.74. The van der Waals surface area contributed by atoms with Crippen molar-refractivity contribution in [3.63, 3.8) is 0 Å². The van der Waals surface area contributed by atoms with E-state index >= 15 is 0 Å². The van der Waals surface area contributed by atoms with Gasteiger partial charge in [0.1, 0.15) is 5.75 Å². The van der Waals surface area contributed by atoms with Crippen LogP contribution in [0.1, 0.15) is 25.2 Å². The molecule has 2 saturated heterocycles. The minimum absolute atomic E-state index is 0.453. The lowest BCUT2D eigenvalue weighted by atomic mass is 9.95. The molecule has 2 N–H and O–H groups in total. The smallest absolute Gasteiger partial charge is 0.227 e. The summed E-state index contributed by atoms with van der Waals surface area (Å²) in [6.07, 6.45) is 4.63. The van der Waals surface area contributed by atoms with Gasteiger partial charge in [-0.05, 0) is 44.3 Å². The molecule has 2 aromatic rings. The molecule has 128 valence electrons. The van der Waals surface area contributed by atoms with Gasteiger partial charge in [0.2, 0.25) is 11.7 Å². The number of nitrogens with two attached hydrogens (primary N) is 1. The number of fused-ring (bicyclic) bond motifs is 1. The van der Waals surface area contributed by atoms with E-state index in [0.29, 0.717) is 45.7 Å². The van der Waals surface area contributed by atoms with Crippen LogP contribution in [-0.2, 0) is 6.42 Å². The van der Waals surface area contributed by atoms with E-state index in [1.807, 2.05) is 0 Å². The van der Waals surface area contributed by atoms with Crippen molar-refractivity contribution < 1.29 is 9.26 Å². The van der Waals surface area contributed by atoms with Gasteiger partial charge in [-0.25, -0.2) is 0 Å². The van der Waals surface area contributed by atoms with Gasteiger partial charge in [-0.2, -0.15) is 4.98 Å². The van der Waals surface area contributed by atoms with Crippen LogP contribution < -0.4 is 10.5 Å². The van der Waals surface area contributed by atoms with Gasteiger partial charge >= 0.3 is 0 Å². The molecule has 0 amide bonds. The average molecular weight is 349 g/mol. The number of ether oxygens (including phenoxy) is 1. The quantitative estimate of drug-likeness (QED) is 0.856. The number of nitrogens with zero attached hydrogens (tertiary/aromatic N) is 3. The maximum absolute atomic E-state index is 6.13. The van der Waals surface area contributed by atoms with Gasteiger partial charge in [-0.1, -0.05) is 16.8 Å². The first-order valence-corrected chi connectivity index (χ1v) is 8.73. The fourth-order valence-electron chi connectivity index (χ4n) is 4.01. The predicted octanol–water partition coefficient (Wildman–Crippen LogP) is 3.01. The number of hydrogen-bond donors (Lipinski definition) is 1. The minimum Gasteiger partial charge on any atom is -0.496 e. The number of aromatic nitrogens is 2. The topological polar surface area (TPSA) is 77.4 Å². The van der Waals surface area contributed by atoms with Crippen LogP contribution in [-0.4, -0.2) is 41.3 Å². The van der Waals surface area contributed by atoms with Crippen molar-refractivity contribution >= 4 is 17.3 Å². The van der Waals surface area contributed by atoms with Crippen LogP contribution in [0.2, 0.25) is 5.02 Å². The number of anilines is 1. The first kappa shape index (κ1) is 15.7. The van der Waals surface area contributed by atoms with E-state index in [4.69, 9.17) is 26.6 Å². The molecule has 0 spiro atoms. The maximum Gasteiger partial charge on any atom is 0.227 e. The molecule has 0 radical (unpaired) electrons. The number of methoxy groups -OCH3 is 1. The molecular weight excluding hydrogens is 328 g/mol. The highest BCUT2D eigenvalue weighted by Gasteiger charge is 2.37. The van der Waals surface area contributed by atoms with Gasteiger partial charge in [0, 0.05) is 18.5 Å². The molecule has 6 nitrogen and oxygen atoms in total. The maximum atomic E-state index is 6.13. The van der Waals surface area contributed by atoms with Crippen LogP contribution in [0, 0.1) is 5.92 Å². The molecular formula is C17H21ClN4O2. The summed E-state index contributed by atoms with van der Waals surface area (Å²) in [5, 5.41) is 4.57. The van der Waals surface area contributed by atoms with Gasteiger partial charge in [-0.15, -0.1) is 0 Å². The highest BCUT2D eigenvalue weighted by Crippen LogP contribution is 2.37. The normalized spacial score (nSPS) is 23.6. The first-order chi connectivity index (χ1) is 11.7. The van der Waals surface area contributed by atoms with Crippen molar-refractivity contribution in [1.29, 1.82) is 0 Å². The van der Waals surface area contributed by atoms with E-state index in [-0.39, 0.29) is 0 Å². The fraction of sp³-hybridized carbons (Fsp3) is 0.529. The molecule has 2 fully saturated rings. The van der Waals surface area contributed by atoms with Crippen LogP contribution in [0.4, 0.5) is 5.69 Å². The summed E-state index contributed by atoms with van der Waals surface area (Å²) in [6, 6.07) is 4.08. The Balaban J connectivity index is 1.56. The first-order valence-electron chi connectivity index (χ1n) is 8.35. The van der Waals surface area contributed by atoms with Crippen molar-refractivity contribution in [3.8, 4) is 17.1 Å². The Bertz CT molecular complexity index is 748. The van der Waals surface area contributed by atoms with Gasteiger partial charge in [0.05, 0.1) is 23.4 Å². The highest BCUT2D eigenvalue weighted by atomic mass is 35.5. The molecule has 0 aliphatic carbocycles. The molecule has 2 aliphatic heterocycles. The molecule has 7 heteroatoms. The van der Waals surface area contributed by atoms with Crippen LogP contribution in [0.15, 0.2) is 16.7 Å². The highest BCUT2D eigenvalue weighted by molar-refractivity contribution is 6.33. The molecule has 2 aliphatic rings. The van der Waals surface area contributed by atoms with Crippen LogP contribution in [0.5, 0.6) is 5.75 Å². The molecule has 24 heavy (non-hydrogen) atoms. The lowest BCUT2D eigenvalue weighted by molar-refractivity contribution is 0.275. The van der Waals surface area contributed by atoms with Gasteiger partial charge < -0.3 is 19.9 Å². The largest absolute Gasteiger partial charge is 0.496 e. The third-order valence-corrected chi connectivity index (χ3v) is 5.54. The van der Waals surface area contributed by atoms with Crippen molar-refractivity contribution in [1.82, 2.24) is 15.0 Å². The summed E-state index contributed by atoms with van der Waals surface area (Å²) in [4.78, 5) is 7.15. The zero-order valence-electron chi connectivity index (χ0n) is 13.7. The second-order valence-corrected chi connectivity index (χ2v) is 6.99. The lowest BCUT2D eigenvalue weighted by Gasteiger charge is -2.18. The van der Waals surface area contributed by atoms with E-state index in [1.54, 1.807) is 19.2 Å². The second kappa shape index (κ2) is 6.26. The zero-order chi connectivity index (χ0) is 16.7. The Hall–Kier alpha value is -1.79. The van der Waals surface area contributed by atoms with Crippen molar-refractivity contribution in [2.45, 2.75) is 31.7 Å². The molecule has 1 aromatic carbocycles. The van der Waals surface area contributed by atoms with E-state index in [9.17, 15) is 0 Å². The number of hydrogen-bond acceptors (Lipinski definition) is 6. The van der Waals surface area contributed by atoms with Crippen molar-refractivity contribution in [2.24, 2.45) is 5.92 Å². The van der Waals surface area contributed by atoms with E-state index in [2.05, 4.69) is 15.0 Å². The molecule has 4 rings (SSSR count). The van der Waals surface area contributed by atoms with Gasteiger partial charge in [-0.3, -0.25) is 0 Å². The second-order valence-electron chi connectivity index (χ2n) is 6.58. The minimum atomic E-state index is 0.453. The Morgan fingerprint density at radius 2 is 2.25 bits per heavy atom. The molecule has 1 aromatic heterocycles. The van der Waals surface area contributed by atoms with Gasteiger partial charge in [0.25, 0.3) is 0 Å². The Morgan fingerprint density at radius 1 is 1.38 bits per heavy atom. The number of nitrogen functional groups attached to an aromatic ring is 1. The average Bonchev–Trinajstić information content (AvgIpc) is 3.28. The zero-order valence-corrected chi connectivity index (χ0v) is 14.4. The lowest BCUT2D eigenvalue weighted by Crippen LogP contribution is -2.26. The molecule has 0 unspecified atom stereocenters. The summed E-state index contributed by atoms with van der Waals surface area (Å²) in [6.45, 7) is 2.43. The summed E-state index contributed by atoms with van der Waals surface area (Å²) >= 11 is 6.13. The summed E-state index contributed by atoms with van der Waals surface area (Å²) in [5.41, 5.74) is 6.99. The Kier molecular flexibility index (Phi) is 4.10. The molecule has 2 atom stereocenters. The van der Waals surface area contributed by atoms with Crippen molar-refractivity contribution in [2.75, 3.05) is 25.9 Å². The summed E-state index contributed by atoms with van der Waals surface area (Å²) < 4.78 is 10.9.